The Kier molecular flexibility index (Phi) is 4.78. The smallest absolute Gasteiger partial charge is 0.339 e. The highest BCUT2D eigenvalue weighted by molar-refractivity contribution is 7.88. The summed E-state index contributed by atoms with van der Waals surface area (Å²) in [5.74, 6) is -0.926. The van der Waals surface area contributed by atoms with Crippen molar-refractivity contribution in [1.82, 2.24) is 4.31 Å². The van der Waals surface area contributed by atoms with Crippen molar-refractivity contribution in [3.05, 3.63) is 64.7 Å². The molecule has 0 unspecified atom stereocenters. The minimum Gasteiger partial charge on any atom is -0.491 e. The van der Waals surface area contributed by atoms with Crippen LogP contribution >= 0.6 is 0 Å². The molecule has 0 radical (unpaired) electrons. The number of carbonyl (C=O) groups is 1. The molecule has 1 heterocycles. The van der Waals surface area contributed by atoms with Crippen LogP contribution in [0.1, 0.15) is 27.0 Å². The molecule has 2 aromatic carbocycles. The van der Waals surface area contributed by atoms with E-state index in [1.54, 1.807) is 18.2 Å². The molecule has 2 aromatic rings. The van der Waals surface area contributed by atoms with Crippen molar-refractivity contribution in [2.24, 2.45) is 0 Å². The molecular formula is C18H19NO5S. The maximum Gasteiger partial charge on any atom is 0.339 e. The van der Waals surface area contributed by atoms with Crippen molar-refractivity contribution in [2.75, 3.05) is 13.2 Å². The quantitative estimate of drug-likeness (QED) is 0.904. The van der Waals surface area contributed by atoms with E-state index in [0.717, 1.165) is 11.1 Å². The molecule has 0 atom stereocenters. The van der Waals surface area contributed by atoms with Crippen molar-refractivity contribution < 1.29 is 23.1 Å². The van der Waals surface area contributed by atoms with Gasteiger partial charge in [-0.2, -0.15) is 4.31 Å². The Bertz CT molecular complexity index is 907. The van der Waals surface area contributed by atoms with Crippen LogP contribution in [-0.2, 0) is 22.3 Å². The van der Waals surface area contributed by atoms with E-state index in [1.807, 2.05) is 25.1 Å². The highest BCUT2D eigenvalue weighted by atomic mass is 32.2. The number of nitrogens with zero attached hydrogens (tertiary/aromatic N) is 1. The second kappa shape index (κ2) is 6.85. The molecule has 6 nitrogen and oxygen atoms in total. The Morgan fingerprint density at radius 1 is 1.20 bits per heavy atom. The van der Waals surface area contributed by atoms with Gasteiger partial charge in [0, 0.05) is 18.7 Å². The Morgan fingerprint density at radius 2 is 1.96 bits per heavy atom. The van der Waals surface area contributed by atoms with Crippen LogP contribution in [0.25, 0.3) is 0 Å². The first-order chi connectivity index (χ1) is 11.9. The van der Waals surface area contributed by atoms with Gasteiger partial charge < -0.3 is 9.84 Å². The number of carboxylic acid groups (broad SMARTS) is 1. The number of para-hydroxylation sites is 1. The predicted molar refractivity (Wildman–Crippen MR) is 93.1 cm³/mol. The summed E-state index contributed by atoms with van der Waals surface area (Å²) in [5, 5.41) is 9.27. The monoisotopic (exact) mass is 361 g/mol. The minimum absolute atomic E-state index is 0.0515. The lowest BCUT2D eigenvalue weighted by Gasteiger charge is -2.20. The van der Waals surface area contributed by atoms with Crippen molar-refractivity contribution >= 4 is 16.0 Å². The normalized spacial score (nSPS) is 15.1. The number of fused-ring (bicyclic) bond motifs is 1. The summed E-state index contributed by atoms with van der Waals surface area (Å²) >= 11 is 0. The molecule has 0 saturated heterocycles. The molecule has 1 aliphatic rings. The first-order valence-corrected chi connectivity index (χ1v) is 9.50. The molecule has 132 valence electrons. The second-order valence-electron chi connectivity index (χ2n) is 5.96. The van der Waals surface area contributed by atoms with Gasteiger partial charge in [0.15, 0.2) is 0 Å². The molecule has 0 spiro atoms. The van der Waals surface area contributed by atoms with E-state index in [0.29, 0.717) is 5.56 Å². The van der Waals surface area contributed by atoms with Crippen LogP contribution in [0.3, 0.4) is 0 Å². The number of hydrogen-bond donors (Lipinski definition) is 1. The topological polar surface area (TPSA) is 83.9 Å². The summed E-state index contributed by atoms with van der Waals surface area (Å²) < 4.78 is 32.6. The summed E-state index contributed by atoms with van der Waals surface area (Å²) in [6.07, 6.45) is 0. The van der Waals surface area contributed by atoms with Crippen LogP contribution in [0.4, 0.5) is 0 Å². The van der Waals surface area contributed by atoms with Gasteiger partial charge in [-0.3, -0.25) is 0 Å². The SMILES string of the molecule is Cc1ccccc1CS(=O)(=O)N1CCOc2c(cccc2C(=O)O)C1. The van der Waals surface area contributed by atoms with Crippen molar-refractivity contribution in [3.63, 3.8) is 0 Å². The van der Waals surface area contributed by atoms with E-state index in [1.165, 1.54) is 10.4 Å². The van der Waals surface area contributed by atoms with E-state index < -0.39 is 16.0 Å². The lowest BCUT2D eigenvalue weighted by atomic mass is 10.1. The largest absolute Gasteiger partial charge is 0.491 e. The van der Waals surface area contributed by atoms with Crippen LogP contribution in [0, 0.1) is 6.92 Å². The molecule has 0 fully saturated rings. The molecule has 0 bridgehead atoms. The standard InChI is InChI=1S/C18H19NO5S/c1-13-5-2-3-6-15(13)12-25(22,23)19-9-10-24-17-14(11-19)7-4-8-16(17)18(20)21/h2-8H,9-12H2,1H3,(H,20,21). The average molecular weight is 361 g/mol. The third-order valence-electron chi connectivity index (χ3n) is 4.25. The zero-order chi connectivity index (χ0) is 18.0. The first-order valence-electron chi connectivity index (χ1n) is 7.89. The Labute approximate surface area is 146 Å². The number of aromatic carboxylic acids is 1. The molecule has 3 rings (SSSR count). The van der Waals surface area contributed by atoms with Crippen LogP contribution in [0.5, 0.6) is 5.75 Å². The summed E-state index contributed by atoms with van der Waals surface area (Å²) in [7, 11) is -3.55. The van der Waals surface area contributed by atoms with Crippen molar-refractivity contribution in [1.29, 1.82) is 0 Å². The van der Waals surface area contributed by atoms with Gasteiger partial charge in [-0.1, -0.05) is 36.4 Å². The van der Waals surface area contributed by atoms with Crippen LogP contribution < -0.4 is 4.74 Å². The van der Waals surface area contributed by atoms with Gasteiger partial charge >= 0.3 is 5.97 Å². The van der Waals surface area contributed by atoms with Gasteiger partial charge in [-0.15, -0.1) is 0 Å². The molecule has 0 aliphatic carbocycles. The number of hydrogen-bond acceptors (Lipinski definition) is 4. The fourth-order valence-electron chi connectivity index (χ4n) is 2.86. The number of benzene rings is 2. The lowest BCUT2D eigenvalue weighted by Crippen LogP contribution is -2.33. The Hall–Kier alpha value is -2.38. The fraction of sp³-hybridized carbons (Fsp3) is 0.278. The molecule has 1 aliphatic heterocycles. The molecule has 0 amide bonds. The van der Waals surface area contributed by atoms with Crippen LogP contribution in [0.2, 0.25) is 0 Å². The van der Waals surface area contributed by atoms with Gasteiger partial charge in [0.25, 0.3) is 0 Å². The Balaban J connectivity index is 1.90. The van der Waals surface area contributed by atoms with Crippen LogP contribution in [-0.4, -0.2) is 37.0 Å². The van der Waals surface area contributed by atoms with Crippen molar-refractivity contribution in [3.8, 4) is 5.75 Å². The number of sulfonamides is 1. The van der Waals surface area contributed by atoms with E-state index in [2.05, 4.69) is 0 Å². The van der Waals surface area contributed by atoms with Gasteiger partial charge in [0.05, 0.1) is 5.75 Å². The lowest BCUT2D eigenvalue weighted by molar-refractivity contribution is 0.0692. The summed E-state index contributed by atoms with van der Waals surface area (Å²) in [6, 6.07) is 12.1. The molecule has 0 aromatic heterocycles. The highest BCUT2D eigenvalue weighted by Gasteiger charge is 2.28. The first kappa shape index (κ1) is 17.4. The minimum atomic E-state index is -3.55. The molecular weight excluding hydrogens is 342 g/mol. The predicted octanol–water partition coefficient (Wildman–Crippen LogP) is 2.42. The van der Waals surface area contributed by atoms with Crippen LogP contribution in [0.15, 0.2) is 42.5 Å². The molecule has 0 saturated carbocycles. The molecule has 7 heteroatoms. The van der Waals surface area contributed by atoms with Gasteiger partial charge in [0.2, 0.25) is 10.0 Å². The third kappa shape index (κ3) is 3.67. The van der Waals surface area contributed by atoms with E-state index in [4.69, 9.17) is 4.74 Å². The average Bonchev–Trinajstić information content (AvgIpc) is 2.79. The van der Waals surface area contributed by atoms with Crippen molar-refractivity contribution in [2.45, 2.75) is 19.2 Å². The summed E-state index contributed by atoms with van der Waals surface area (Å²) in [5.41, 5.74) is 2.29. The number of ether oxygens (including phenoxy) is 1. The number of rotatable bonds is 4. The summed E-state index contributed by atoms with van der Waals surface area (Å²) in [4.78, 5) is 11.3. The highest BCUT2D eigenvalue weighted by Crippen LogP contribution is 2.29. The maximum absolute atomic E-state index is 12.8. The molecule has 25 heavy (non-hydrogen) atoms. The van der Waals surface area contributed by atoms with E-state index in [-0.39, 0.29) is 36.8 Å². The van der Waals surface area contributed by atoms with Gasteiger partial charge in [0.1, 0.15) is 17.9 Å². The fourth-order valence-corrected chi connectivity index (χ4v) is 4.45. The zero-order valence-corrected chi connectivity index (χ0v) is 14.6. The second-order valence-corrected chi connectivity index (χ2v) is 7.93. The third-order valence-corrected chi connectivity index (χ3v) is 6.03. The molecule has 1 N–H and O–H groups in total. The van der Waals surface area contributed by atoms with Gasteiger partial charge in [-0.25, -0.2) is 13.2 Å². The Morgan fingerprint density at radius 3 is 2.68 bits per heavy atom. The summed E-state index contributed by atoms with van der Waals surface area (Å²) in [6.45, 7) is 2.28. The van der Waals surface area contributed by atoms with Gasteiger partial charge in [-0.05, 0) is 24.1 Å². The number of carboxylic acids is 1. The van der Waals surface area contributed by atoms with E-state index >= 15 is 0 Å². The maximum atomic E-state index is 12.8. The number of aryl methyl sites for hydroxylation is 1. The zero-order valence-electron chi connectivity index (χ0n) is 13.8. The van der Waals surface area contributed by atoms with E-state index in [9.17, 15) is 18.3 Å².